The lowest BCUT2D eigenvalue weighted by molar-refractivity contribution is 0.0478. The topological polar surface area (TPSA) is 69.2 Å². The van der Waals surface area contributed by atoms with Gasteiger partial charge in [0.15, 0.2) is 17.3 Å². The number of ketones is 1. The van der Waals surface area contributed by atoms with Crippen LogP contribution in [0.3, 0.4) is 0 Å². The van der Waals surface area contributed by atoms with Crippen LogP contribution in [-0.4, -0.2) is 27.9 Å². The lowest BCUT2D eigenvalue weighted by atomic mass is 10.1. The van der Waals surface area contributed by atoms with Crippen molar-refractivity contribution >= 4 is 23.3 Å². The summed E-state index contributed by atoms with van der Waals surface area (Å²) >= 11 is 0.958. The Labute approximate surface area is 108 Å². The fourth-order valence-electron chi connectivity index (χ4n) is 1.32. The number of rotatable bonds is 4. The van der Waals surface area contributed by atoms with Crippen LogP contribution in [-0.2, 0) is 4.74 Å². The Balaban J connectivity index is 1.95. The molecule has 1 aromatic carbocycles. The smallest absolute Gasteiger partial charge is 0.352 e. The number of carbonyl (C=O) groups excluding carboxylic acids is 2. The Bertz CT molecular complexity index is 566. The predicted octanol–water partition coefficient (Wildman–Crippen LogP) is 1.89. The summed E-state index contributed by atoms with van der Waals surface area (Å²) in [7, 11) is 0. The second-order valence-corrected chi connectivity index (χ2v) is 4.31. The normalized spacial score (nSPS) is 10.1. The van der Waals surface area contributed by atoms with Crippen molar-refractivity contribution in [2.24, 2.45) is 0 Å². The molecular weight excluding hydrogens is 252 g/mol. The van der Waals surface area contributed by atoms with Gasteiger partial charge in [-0.25, -0.2) is 4.79 Å². The number of carbonyl (C=O) groups is 2. The standard InChI is InChI=1S/C12H10N2O3S/c1-8-11(18-14-13-8)12(16)17-7-10(15)9-5-3-2-4-6-9/h2-6H,7H2,1H3. The first-order chi connectivity index (χ1) is 8.68. The molecule has 6 heteroatoms. The fourth-order valence-corrected chi connectivity index (χ4v) is 1.87. The van der Waals surface area contributed by atoms with Crippen molar-refractivity contribution in [3.63, 3.8) is 0 Å². The second kappa shape index (κ2) is 5.50. The quantitative estimate of drug-likeness (QED) is 0.621. The van der Waals surface area contributed by atoms with Crippen molar-refractivity contribution < 1.29 is 14.3 Å². The number of nitrogens with zero attached hydrogens (tertiary/aromatic N) is 2. The average Bonchev–Trinajstić information content (AvgIpc) is 2.83. The summed E-state index contributed by atoms with van der Waals surface area (Å²) < 4.78 is 8.56. The van der Waals surface area contributed by atoms with Gasteiger partial charge in [0.1, 0.15) is 0 Å². The van der Waals surface area contributed by atoms with E-state index in [1.807, 2.05) is 6.07 Å². The molecule has 0 N–H and O–H groups in total. The summed E-state index contributed by atoms with van der Waals surface area (Å²) in [4.78, 5) is 23.6. The van der Waals surface area contributed by atoms with Gasteiger partial charge in [0.2, 0.25) is 0 Å². The summed E-state index contributed by atoms with van der Waals surface area (Å²) in [5, 5.41) is 3.71. The Hall–Kier alpha value is -2.08. The molecule has 0 saturated carbocycles. The maximum Gasteiger partial charge on any atom is 0.352 e. The second-order valence-electron chi connectivity index (χ2n) is 3.55. The molecule has 0 atom stereocenters. The number of ether oxygens (including phenoxy) is 1. The maximum absolute atomic E-state index is 11.7. The minimum atomic E-state index is -0.563. The third-order valence-electron chi connectivity index (χ3n) is 2.27. The van der Waals surface area contributed by atoms with Gasteiger partial charge in [-0.3, -0.25) is 4.79 Å². The zero-order valence-electron chi connectivity index (χ0n) is 9.62. The first kappa shape index (κ1) is 12.4. The van der Waals surface area contributed by atoms with Gasteiger partial charge in [0, 0.05) is 5.56 Å². The molecule has 0 saturated heterocycles. The van der Waals surface area contributed by atoms with Gasteiger partial charge in [-0.15, -0.1) is 5.10 Å². The first-order valence-electron chi connectivity index (χ1n) is 5.23. The summed E-state index contributed by atoms with van der Waals surface area (Å²) in [5.41, 5.74) is 1.03. The van der Waals surface area contributed by atoms with Crippen molar-refractivity contribution in [2.45, 2.75) is 6.92 Å². The summed E-state index contributed by atoms with van der Waals surface area (Å²) in [5.74, 6) is -0.800. The lowest BCUT2D eigenvalue weighted by Gasteiger charge is -2.02. The highest BCUT2D eigenvalue weighted by atomic mass is 32.1. The monoisotopic (exact) mass is 262 g/mol. The van der Waals surface area contributed by atoms with E-state index in [4.69, 9.17) is 4.74 Å². The molecule has 0 aliphatic carbocycles. The SMILES string of the molecule is Cc1nnsc1C(=O)OCC(=O)c1ccccc1. The van der Waals surface area contributed by atoms with Crippen LogP contribution in [0.2, 0.25) is 0 Å². The molecule has 0 aliphatic rings. The minimum absolute atomic E-state index is 0.237. The van der Waals surface area contributed by atoms with Crippen molar-refractivity contribution in [3.8, 4) is 0 Å². The number of aryl methyl sites for hydroxylation is 1. The van der Waals surface area contributed by atoms with Crippen molar-refractivity contribution in [1.29, 1.82) is 0 Å². The molecular formula is C12H10N2O3S. The number of hydrogen-bond acceptors (Lipinski definition) is 6. The molecule has 2 aromatic rings. The van der Waals surface area contributed by atoms with Gasteiger partial charge in [-0.2, -0.15) is 0 Å². The van der Waals surface area contributed by atoms with Crippen LogP contribution < -0.4 is 0 Å². The van der Waals surface area contributed by atoms with Crippen LogP contribution in [0, 0.1) is 6.92 Å². The molecule has 0 spiro atoms. The van der Waals surface area contributed by atoms with Gasteiger partial charge in [0.25, 0.3) is 0 Å². The van der Waals surface area contributed by atoms with Gasteiger partial charge >= 0.3 is 5.97 Å². The van der Waals surface area contributed by atoms with E-state index in [2.05, 4.69) is 9.59 Å². The van der Waals surface area contributed by atoms with Crippen LogP contribution in [0.25, 0.3) is 0 Å². The van der Waals surface area contributed by atoms with Crippen LogP contribution in [0.1, 0.15) is 25.7 Å². The van der Waals surface area contributed by atoms with E-state index in [1.165, 1.54) is 0 Å². The van der Waals surface area contributed by atoms with E-state index < -0.39 is 5.97 Å². The summed E-state index contributed by atoms with van der Waals surface area (Å²) in [6.07, 6.45) is 0. The van der Waals surface area contributed by atoms with Crippen LogP contribution in [0.15, 0.2) is 30.3 Å². The number of benzene rings is 1. The lowest BCUT2D eigenvalue weighted by Crippen LogP contribution is -2.14. The molecule has 0 amide bonds. The third kappa shape index (κ3) is 2.78. The van der Waals surface area contributed by atoms with E-state index in [1.54, 1.807) is 31.2 Å². The molecule has 0 fully saturated rings. The van der Waals surface area contributed by atoms with Gasteiger partial charge in [0.05, 0.1) is 5.69 Å². The molecule has 18 heavy (non-hydrogen) atoms. The number of Topliss-reactive ketones (excluding diaryl/α,β-unsaturated/α-hetero) is 1. The Kier molecular flexibility index (Phi) is 3.78. The van der Waals surface area contributed by atoms with Crippen LogP contribution >= 0.6 is 11.5 Å². The van der Waals surface area contributed by atoms with Gasteiger partial charge in [-0.1, -0.05) is 34.8 Å². The van der Waals surface area contributed by atoms with Crippen molar-refractivity contribution in [1.82, 2.24) is 9.59 Å². The largest absolute Gasteiger partial charge is 0.453 e. The molecule has 0 bridgehead atoms. The summed E-state index contributed by atoms with van der Waals surface area (Å²) in [6.45, 7) is 1.39. The van der Waals surface area contributed by atoms with Gasteiger partial charge < -0.3 is 4.74 Å². The van der Waals surface area contributed by atoms with E-state index in [-0.39, 0.29) is 12.4 Å². The van der Waals surface area contributed by atoms with Crippen molar-refractivity contribution in [3.05, 3.63) is 46.5 Å². The molecule has 92 valence electrons. The number of aromatic nitrogens is 2. The van der Waals surface area contributed by atoms with E-state index in [0.29, 0.717) is 16.1 Å². The first-order valence-corrected chi connectivity index (χ1v) is 6.00. The molecule has 5 nitrogen and oxygen atoms in total. The molecule has 2 rings (SSSR count). The molecule has 0 unspecified atom stereocenters. The zero-order chi connectivity index (χ0) is 13.0. The molecule has 0 aliphatic heterocycles. The third-order valence-corrected chi connectivity index (χ3v) is 3.08. The predicted molar refractivity (Wildman–Crippen MR) is 65.7 cm³/mol. The maximum atomic E-state index is 11.7. The Morgan fingerprint density at radius 3 is 2.61 bits per heavy atom. The van der Waals surface area contributed by atoms with E-state index >= 15 is 0 Å². The molecule has 1 heterocycles. The van der Waals surface area contributed by atoms with E-state index in [0.717, 1.165) is 11.5 Å². The zero-order valence-corrected chi connectivity index (χ0v) is 10.4. The van der Waals surface area contributed by atoms with E-state index in [9.17, 15) is 9.59 Å². The van der Waals surface area contributed by atoms with Crippen LogP contribution in [0.4, 0.5) is 0 Å². The highest BCUT2D eigenvalue weighted by molar-refractivity contribution is 7.07. The highest BCUT2D eigenvalue weighted by Gasteiger charge is 2.16. The minimum Gasteiger partial charge on any atom is -0.453 e. The summed E-state index contributed by atoms with van der Waals surface area (Å²) in [6, 6.07) is 8.68. The molecule has 0 radical (unpaired) electrons. The average molecular weight is 262 g/mol. The van der Waals surface area contributed by atoms with Gasteiger partial charge in [-0.05, 0) is 18.5 Å². The number of esters is 1. The highest BCUT2D eigenvalue weighted by Crippen LogP contribution is 2.11. The Morgan fingerprint density at radius 1 is 1.28 bits per heavy atom. The van der Waals surface area contributed by atoms with Crippen molar-refractivity contribution in [2.75, 3.05) is 6.61 Å². The Morgan fingerprint density at radius 2 is 2.00 bits per heavy atom. The fraction of sp³-hybridized carbons (Fsp3) is 0.167. The van der Waals surface area contributed by atoms with Crippen LogP contribution in [0.5, 0.6) is 0 Å². The number of hydrogen-bond donors (Lipinski definition) is 0. The molecule has 1 aromatic heterocycles.